The maximum Gasteiger partial charge on any atom is 0.217 e. The number of hydrogen-bond donors (Lipinski definition) is 0. The summed E-state index contributed by atoms with van der Waals surface area (Å²) in [4.78, 5) is 6.19. The van der Waals surface area contributed by atoms with Crippen molar-refractivity contribution in [3.63, 3.8) is 0 Å². The maximum atomic E-state index is 5.71. The van der Waals surface area contributed by atoms with Crippen LogP contribution in [0.1, 0.15) is 19.8 Å². The Bertz CT molecular complexity index is 184. The van der Waals surface area contributed by atoms with E-state index in [0.717, 1.165) is 6.42 Å². The van der Waals surface area contributed by atoms with E-state index in [-0.39, 0.29) is 0 Å². The molecule has 0 bridgehead atoms. The van der Waals surface area contributed by atoms with Crippen molar-refractivity contribution in [1.82, 2.24) is 0 Å². The Kier molecular flexibility index (Phi) is 6.34. The Labute approximate surface area is 91.6 Å². The summed E-state index contributed by atoms with van der Waals surface area (Å²) in [6.45, 7) is 1.94. The first-order valence-electron chi connectivity index (χ1n) is 3.30. The van der Waals surface area contributed by atoms with Crippen LogP contribution in [0.15, 0.2) is 9.98 Å². The quantitative estimate of drug-likeness (QED) is 0.411. The zero-order valence-electron chi connectivity index (χ0n) is 6.40. The molecule has 0 aromatic heterocycles. The van der Waals surface area contributed by atoms with Crippen molar-refractivity contribution in [2.75, 3.05) is 0 Å². The topological polar surface area (TPSA) is 24.7 Å². The fraction of sp³-hybridized carbons (Fsp3) is 0.833. The molecule has 0 aliphatic heterocycles. The minimum absolute atomic E-state index is 0.536. The normalized spacial score (nSPS) is 11.2. The molecule has 0 N–H and O–H groups in total. The first-order valence-corrected chi connectivity index (χ1v) is 4.93. The van der Waals surface area contributed by atoms with Crippen molar-refractivity contribution < 1.29 is 0 Å². The van der Waals surface area contributed by atoms with Crippen molar-refractivity contribution in [3.05, 3.63) is 0 Å². The molecule has 12 heavy (non-hydrogen) atoms. The van der Waals surface area contributed by atoms with Crippen LogP contribution in [0.2, 0.25) is 0 Å². The molecule has 0 fully saturated rings. The van der Waals surface area contributed by atoms with E-state index in [9.17, 15) is 0 Å². The van der Waals surface area contributed by atoms with E-state index in [1.165, 1.54) is 0 Å². The van der Waals surface area contributed by atoms with Gasteiger partial charge in [-0.2, -0.15) is 9.98 Å². The first-order chi connectivity index (χ1) is 5.48. The molecule has 0 aromatic carbocycles. The van der Waals surface area contributed by atoms with Crippen molar-refractivity contribution in [2.24, 2.45) is 9.98 Å². The SMILES string of the molecule is CCCC(Cl)(Cl)N=C=NC(Cl)Cl. The van der Waals surface area contributed by atoms with Gasteiger partial charge in [0, 0.05) is 6.42 Å². The van der Waals surface area contributed by atoms with Crippen LogP contribution in [0.5, 0.6) is 0 Å². The molecular formula is C6H8Cl4N2. The van der Waals surface area contributed by atoms with Crippen molar-refractivity contribution in [2.45, 2.75) is 29.2 Å². The van der Waals surface area contributed by atoms with Gasteiger partial charge in [0.1, 0.15) is 0 Å². The van der Waals surface area contributed by atoms with Crippen LogP contribution >= 0.6 is 46.4 Å². The van der Waals surface area contributed by atoms with Gasteiger partial charge in [0.25, 0.3) is 0 Å². The lowest BCUT2D eigenvalue weighted by atomic mass is 10.3. The van der Waals surface area contributed by atoms with Gasteiger partial charge >= 0.3 is 0 Å². The Morgan fingerprint density at radius 1 is 1.42 bits per heavy atom. The van der Waals surface area contributed by atoms with Gasteiger partial charge in [-0.1, -0.05) is 59.7 Å². The molecule has 0 atom stereocenters. The molecule has 0 saturated carbocycles. The summed E-state index contributed by atoms with van der Waals surface area (Å²) in [6.07, 6.45) is 1.36. The van der Waals surface area contributed by atoms with Gasteiger partial charge in [0.05, 0.1) is 6.01 Å². The average molecular weight is 250 g/mol. The van der Waals surface area contributed by atoms with E-state index in [2.05, 4.69) is 16.0 Å². The summed E-state index contributed by atoms with van der Waals surface area (Å²) < 4.78 is -1.17. The molecule has 0 unspecified atom stereocenters. The minimum Gasteiger partial charge on any atom is -0.189 e. The molecule has 0 heterocycles. The Hall–Kier alpha value is 0.540. The van der Waals surface area contributed by atoms with E-state index in [4.69, 9.17) is 46.4 Å². The van der Waals surface area contributed by atoms with Gasteiger partial charge in [-0.15, -0.1) is 0 Å². The zero-order valence-corrected chi connectivity index (χ0v) is 9.42. The minimum atomic E-state index is -1.17. The second-order valence-electron chi connectivity index (χ2n) is 2.03. The highest BCUT2D eigenvalue weighted by molar-refractivity contribution is 6.48. The number of alkyl halides is 4. The van der Waals surface area contributed by atoms with Crippen LogP contribution in [0, 0.1) is 0 Å². The Morgan fingerprint density at radius 2 is 2.00 bits per heavy atom. The van der Waals surface area contributed by atoms with Crippen molar-refractivity contribution >= 4 is 52.4 Å². The third kappa shape index (κ3) is 7.20. The summed E-state index contributed by atoms with van der Waals surface area (Å²) in [5.74, 6) is 0. The predicted octanol–water partition coefficient (Wildman–Crippen LogP) is 3.85. The third-order valence-electron chi connectivity index (χ3n) is 0.920. The fourth-order valence-electron chi connectivity index (χ4n) is 0.502. The summed E-state index contributed by atoms with van der Waals surface area (Å²) in [5.41, 5.74) is 0. The van der Waals surface area contributed by atoms with E-state index in [1.807, 2.05) is 6.92 Å². The molecule has 0 radical (unpaired) electrons. The van der Waals surface area contributed by atoms with Crippen LogP contribution in [-0.4, -0.2) is 15.4 Å². The third-order valence-corrected chi connectivity index (χ3v) is 1.66. The first kappa shape index (κ1) is 12.5. The number of nitrogens with zero attached hydrogens (tertiary/aromatic N) is 2. The number of aliphatic imine (C=N–C) groups is 2. The van der Waals surface area contributed by atoms with Crippen molar-refractivity contribution in [1.29, 1.82) is 0 Å². The van der Waals surface area contributed by atoms with Gasteiger partial charge in [0.15, 0.2) is 0 Å². The smallest absolute Gasteiger partial charge is 0.189 e. The van der Waals surface area contributed by atoms with E-state index >= 15 is 0 Å². The van der Waals surface area contributed by atoms with Crippen LogP contribution in [0.25, 0.3) is 0 Å². The second kappa shape index (κ2) is 6.06. The molecule has 0 amide bonds. The van der Waals surface area contributed by atoms with Crippen molar-refractivity contribution in [3.8, 4) is 0 Å². The average Bonchev–Trinajstić information content (AvgIpc) is 1.85. The van der Waals surface area contributed by atoms with Crippen LogP contribution in [0.3, 0.4) is 0 Å². The molecule has 2 nitrogen and oxygen atoms in total. The lowest BCUT2D eigenvalue weighted by Crippen LogP contribution is -2.07. The lowest BCUT2D eigenvalue weighted by Gasteiger charge is -2.09. The highest BCUT2D eigenvalue weighted by Gasteiger charge is 2.19. The Balaban J connectivity index is 4.12. The summed E-state index contributed by atoms with van der Waals surface area (Å²) >= 11 is 22.0. The molecule has 6 heteroatoms. The maximum absolute atomic E-state index is 5.71. The monoisotopic (exact) mass is 248 g/mol. The fourth-order valence-corrected chi connectivity index (χ4v) is 1.04. The summed E-state index contributed by atoms with van der Waals surface area (Å²) in [6, 6.07) is 2.23. The van der Waals surface area contributed by atoms with E-state index < -0.39 is 9.42 Å². The van der Waals surface area contributed by atoms with E-state index in [1.54, 1.807) is 0 Å². The van der Waals surface area contributed by atoms with Gasteiger partial charge in [-0.25, -0.2) is 0 Å². The number of rotatable bonds is 4. The van der Waals surface area contributed by atoms with E-state index in [0.29, 0.717) is 6.42 Å². The molecule has 0 rings (SSSR count). The highest BCUT2D eigenvalue weighted by atomic mass is 35.5. The van der Waals surface area contributed by atoms with Crippen LogP contribution in [-0.2, 0) is 0 Å². The largest absolute Gasteiger partial charge is 0.217 e. The highest BCUT2D eigenvalue weighted by Crippen LogP contribution is 2.27. The molecular weight excluding hydrogens is 242 g/mol. The Morgan fingerprint density at radius 3 is 2.42 bits per heavy atom. The molecule has 0 saturated heterocycles. The number of halogens is 4. The number of hydrogen-bond acceptors (Lipinski definition) is 2. The molecule has 0 aliphatic carbocycles. The van der Waals surface area contributed by atoms with Crippen LogP contribution in [0.4, 0.5) is 0 Å². The summed E-state index contributed by atoms with van der Waals surface area (Å²) in [7, 11) is 0. The molecule has 0 spiro atoms. The van der Waals surface area contributed by atoms with Crippen LogP contribution < -0.4 is 0 Å². The molecule has 0 aliphatic rings. The van der Waals surface area contributed by atoms with Gasteiger partial charge in [-0.05, 0) is 0 Å². The molecule has 70 valence electrons. The second-order valence-corrected chi connectivity index (χ2v) is 4.53. The standard InChI is InChI=1S/C6H8Cl4N2/c1-2-3-6(9,10)12-4-11-5(7)8/h5H,2-3H2,1H3. The predicted molar refractivity (Wildman–Crippen MR) is 54.7 cm³/mol. The van der Waals surface area contributed by atoms with Gasteiger partial charge in [-0.3, -0.25) is 0 Å². The zero-order chi connectivity index (χ0) is 9.61. The summed E-state index contributed by atoms with van der Waals surface area (Å²) in [5, 5.41) is 0. The van der Waals surface area contributed by atoms with Gasteiger partial charge in [0.2, 0.25) is 9.42 Å². The van der Waals surface area contributed by atoms with Gasteiger partial charge < -0.3 is 0 Å². The molecule has 0 aromatic rings. The lowest BCUT2D eigenvalue weighted by molar-refractivity contribution is 0.707.